The Bertz CT molecular complexity index is 1060. The van der Waals surface area contributed by atoms with E-state index in [1.807, 2.05) is 37.3 Å². The molecule has 1 aliphatic carbocycles. The number of aromatic nitrogens is 1. The minimum Gasteiger partial charge on any atom is -0.508 e. The molecule has 6 nitrogen and oxygen atoms in total. The normalized spacial score (nSPS) is 14.1. The molecule has 0 saturated heterocycles. The van der Waals surface area contributed by atoms with E-state index in [1.54, 1.807) is 12.1 Å². The fourth-order valence-corrected chi connectivity index (χ4v) is 3.97. The van der Waals surface area contributed by atoms with E-state index in [0.717, 1.165) is 41.4 Å². The first kappa shape index (κ1) is 20.3. The van der Waals surface area contributed by atoms with E-state index in [1.165, 1.54) is 11.6 Å². The van der Waals surface area contributed by atoms with Crippen LogP contribution in [-0.2, 0) is 4.84 Å². The quantitative estimate of drug-likeness (QED) is 0.496. The van der Waals surface area contributed by atoms with Crippen LogP contribution in [0.3, 0.4) is 0 Å². The minimum absolute atomic E-state index is 0.215. The molecule has 0 bridgehead atoms. The van der Waals surface area contributed by atoms with Crippen molar-refractivity contribution < 1.29 is 14.8 Å². The first-order chi connectivity index (χ1) is 14.7. The van der Waals surface area contributed by atoms with E-state index >= 15 is 0 Å². The number of nitrogens with zero attached hydrogens (tertiary/aromatic N) is 3. The fraction of sp³-hybridized carbons (Fsp3) is 0.375. The number of hydroxylamine groups is 2. The molecule has 1 N–H and O–H groups in total. The monoisotopic (exact) mass is 405 g/mol. The molecule has 6 heteroatoms. The molecule has 0 unspecified atom stereocenters. The zero-order valence-electron chi connectivity index (χ0n) is 17.5. The Hall–Kier alpha value is -3.01. The summed E-state index contributed by atoms with van der Waals surface area (Å²) >= 11 is 0. The van der Waals surface area contributed by atoms with Gasteiger partial charge in [-0.05, 0) is 79.8 Å². The molecule has 0 radical (unpaired) electrons. The van der Waals surface area contributed by atoms with Gasteiger partial charge in [0.2, 0.25) is 0 Å². The van der Waals surface area contributed by atoms with Crippen molar-refractivity contribution in [2.24, 2.45) is 0 Å². The van der Waals surface area contributed by atoms with E-state index in [-0.39, 0.29) is 5.75 Å². The van der Waals surface area contributed by atoms with E-state index < -0.39 is 0 Å². The molecule has 1 aliphatic rings. The maximum atomic E-state index is 10.0. The van der Waals surface area contributed by atoms with Gasteiger partial charge in [-0.2, -0.15) is 5.26 Å². The Balaban J connectivity index is 1.75. The average molecular weight is 405 g/mol. The summed E-state index contributed by atoms with van der Waals surface area (Å²) in [5.41, 5.74) is 3.43. The van der Waals surface area contributed by atoms with Gasteiger partial charge in [-0.25, -0.2) is 0 Å². The van der Waals surface area contributed by atoms with Crippen molar-refractivity contribution in [1.82, 2.24) is 9.79 Å². The van der Waals surface area contributed by atoms with Crippen molar-refractivity contribution in [2.75, 3.05) is 13.2 Å². The fourth-order valence-electron chi connectivity index (χ4n) is 3.97. The Morgan fingerprint density at radius 2 is 1.93 bits per heavy atom. The summed E-state index contributed by atoms with van der Waals surface area (Å²) in [6.07, 6.45) is 4.26. The number of hydrogen-bond acceptors (Lipinski definition) is 5. The molecule has 156 valence electrons. The maximum Gasteiger partial charge on any atom is 0.150 e. The van der Waals surface area contributed by atoms with Crippen LogP contribution in [0.5, 0.6) is 11.5 Å². The summed E-state index contributed by atoms with van der Waals surface area (Å²) in [7, 11) is 0. The number of rotatable bonds is 8. The van der Waals surface area contributed by atoms with Crippen LogP contribution in [0, 0.1) is 11.3 Å². The zero-order valence-corrected chi connectivity index (χ0v) is 17.5. The molecule has 4 rings (SSSR count). The van der Waals surface area contributed by atoms with E-state index in [9.17, 15) is 10.4 Å². The molecule has 0 aliphatic heterocycles. The molecular formula is C24H27N3O3. The third-order valence-corrected chi connectivity index (χ3v) is 5.55. The van der Waals surface area contributed by atoms with Gasteiger partial charge in [0.05, 0.1) is 29.9 Å². The van der Waals surface area contributed by atoms with Crippen LogP contribution in [0.15, 0.2) is 42.5 Å². The Kier molecular flexibility index (Phi) is 5.93. The topological polar surface area (TPSA) is 70.7 Å². The molecular weight excluding hydrogens is 378 g/mol. The van der Waals surface area contributed by atoms with Crippen molar-refractivity contribution in [3.8, 4) is 28.8 Å². The molecule has 1 fully saturated rings. The van der Waals surface area contributed by atoms with Crippen molar-refractivity contribution in [2.45, 2.75) is 45.6 Å². The third kappa shape index (κ3) is 3.74. The van der Waals surface area contributed by atoms with Crippen LogP contribution in [0.2, 0.25) is 0 Å². The molecule has 3 aromatic rings. The van der Waals surface area contributed by atoms with Gasteiger partial charge in [-0.3, -0.25) is 4.84 Å². The number of hydrogen-bond donors (Lipinski definition) is 1. The third-order valence-electron chi connectivity index (χ3n) is 5.55. The Labute approximate surface area is 176 Å². The second kappa shape index (κ2) is 8.78. The lowest BCUT2D eigenvalue weighted by Gasteiger charge is -2.30. The van der Waals surface area contributed by atoms with Crippen molar-refractivity contribution in [1.29, 1.82) is 5.26 Å². The van der Waals surface area contributed by atoms with Gasteiger partial charge in [0.15, 0.2) is 5.75 Å². The van der Waals surface area contributed by atoms with Gasteiger partial charge in [0.1, 0.15) is 11.8 Å². The average Bonchev–Trinajstić information content (AvgIpc) is 3.01. The van der Waals surface area contributed by atoms with Crippen LogP contribution < -0.4 is 4.84 Å². The van der Waals surface area contributed by atoms with Gasteiger partial charge >= 0.3 is 0 Å². The smallest absolute Gasteiger partial charge is 0.150 e. The second-order valence-electron chi connectivity index (χ2n) is 7.58. The molecule has 0 spiro atoms. The number of nitriles is 1. The number of phenolic OH excluding ortho intramolecular Hbond substituents is 1. The van der Waals surface area contributed by atoms with Crippen LogP contribution >= 0.6 is 0 Å². The number of benzene rings is 2. The highest BCUT2D eigenvalue weighted by Crippen LogP contribution is 2.43. The maximum absolute atomic E-state index is 10.0. The highest BCUT2D eigenvalue weighted by molar-refractivity contribution is 5.95. The van der Waals surface area contributed by atoms with Crippen molar-refractivity contribution in [3.63, 3.8) is 0 Å². The predicted molar refractivity (Wildman–Crippen MR) is 116 cm³/mol. The van der Waals surface area contributed by atoms with E-state index in [0.29, 0.717) is 30.5 Å². The van der Waals surface area contributed by atoms with Gasteiger partial charge < -0.3 is 14.5 Å². The summed E-state index contributed by atoms with van der Waals surface area (Å²) in [6, 6.07) is 15.8. The molecule has 2 aromatic carbocycles. The zero-order chi connectivity index (χ0) is 21.1. The molecule has 0 amide bonds. The number of aromatic hydroxyl groups is 1. The summed E-state index contributed by atoms with van der Waals surface area (Å²) < 4.78 is 2.23. The standard InChI is InChI=1S/C24H27N3O3/c1-3-14-26(29-4-2)30-20-11-8-17(9-12-20)24-22(16-25)21-13-10-19(28)15-23(21)27(24)18-6-5-7-18/h8-13,15,18,28H,3-7,14H2,1-2H3. The van der Waals surface area contributed by atoms with Crippen molar-refractivity contribution in [3.05, 3.63) is 48.0 Å². The molecule has 1 saturated carbocycles. The second-order valence-corrected chi connectivity index (χ2v) is 7.58. The summed E-state index contributed by atoms with van der Waals surface area (Å²) in [6.45, 7) is 5.21. The van der Waals surface area contributed by atoms with Gasteiger partial charge in [0, 0.05) is 17.5 Å². The van der Waals surface area contributed by atoms with Gasteiger partial charge in [0.25, 0.3) is 0 Å². The van der Waals surface area contributed by atoms with E-state index in [4.69, 9.17) is 9.68 Å². The first-order valence-electron chi connectivity index (χ1n) is 10.6. The largest absolute Gasteiger partial charge is 0.508 e. The number of fused-ring (bicyclic) bond motifs is 1. The number of phenols is 1. The summed E-state index contributed by atoms with van der Waals surface area (Å²) in [5, 5.41) is 22.4. The lowest BCUT2D eigenvalue weighted by Crippen LogP contribution is -2.28. The minimum atomic E-state index is 0.215. The molecule has 1 heterocycles. The summed E-state index contributed by atoms with van der Waals surface area (Å²) in [4.78, 5) is 11.3. The SMILES string of the molecule is CCCN(OCC)Oc1ccc(-c2c(C#N)c3ccc(O)cc3n2C2CCC2)cc1. The lowest BCUT2D eigenvalue weighted by molar-refractivity contribution is -0.315. The predicted octanol–water partition coefficient (Wildman–Crippen LogP) is 5.57. The summed E-state index contributed by atoms with van der Waals surface area (Å²) in [5.74, 6) is 0.899. The Morgan fingerprint density at radius 3 is 2.53 bits per heavy atom. The van der Waals surface area contributed by atoms with Crippen LogP contribution in [-0.4, -0.2) is 28.1 Å². The molecule has 0 atom stereocenters. The Morgan fingerprint density at radius 1 is 1.17 bits per heavy atom. The van der Waals surface area contributed by atoms with Crippen LogP contribution in [0.1, 0.15) is 51.1 Å². The first-order valence-corrected chi connectivity index (χ1v) is 10.6. The highest BCUT2D eigenvalue weighted by Gasteiger charge is 2.27. The van der Waals surface area contributed by atoms with E-state index in [2.05, 4.69) is 17.6 Å². The van der Waals surface area contributed by atoms with Crippen molar-refractivity contribution >= 4 is 10.9 Å². The van der Waals surface area contributed by atoms with Gasteiger partial charge in [-0.1, -0.05) is 6.92 Å². The molecule has 30 heavy (non-hydrogen) atoms. The van der Waals surface area contributed by atoms with Crippen LogP contribution in [0.4, 0.5) is 0 Å². The lowest BCUT2D eigenvalue weighted by atomic mass is 9.92. The van der Waals surface area contributed by atoms with Gasteiger partial charge in [-0.15, -0.1) is 0 Å². The highest BCUT2D eigenvalue weighted by atomic mass is 16.9. The molecule has 1 aromatic heterocycles. The van der Waals surface area contributed by atoms with Crippen LogP contribution in [0.25, 0.3) is 22.2 Å².